The van der Waals surface area contributed by atoms with Gasteiger partial charge in [-0.1, -0.05) is 64.7 Å². The Morgan fingerprint density at radius 1 is 0.921 bits per heavy atom. The maximum Gasteiger partial charge on any atom is 0.408 e. The van der Waals surface area contributed by atoms with E-state index in [-0.39, 0.29) is 23.8 Å². The van der Waals surface area contributed by atoms with E-state index in [2.05, 4.69) is 17.6 Å². The zero-order valence-corrected chi connectivity index (χ0v) is 25.6. The normalized spacial score (nSPS) is 13.3. The molecule has 0 fully saturated rings. The molecule has 0 aliphatic carbocycles. The van der Waals surface area contributed by atoms with E-state index in [1.807, 2.05) is 59.7 Å². The molecular formula is C31H53N3O4. The molecule has 0 bridgehead atoms. The maximum absolute atomic E-state index is 14.3. The largest absolute Gasteiger partial charge is 0.444 e. The lowest BCUT2D eigenvalue weighted by molar-refractivity contribution is -0.143. The van der Waals surface area contributed by atoms with Crippen molar-refractivity contribution in [1.29, 1.82) is 0 Å². The van der Waals surface area contributed by atoms with Crippen molar-refractivity contribution in [3.8, 4) is 0 Å². The van der Waals surface area contributed by atoms with Gasteiger partial charge in [-0.05, 0) is 83.9 Å². The van der Waals surface area contributed by atoms with Crippen LogP contribution in [0.1, 0.15) is 117 Å². The van der Waals surface area contributed by atoms with E-state index in [4.69, 9.17) is 4.74 Å². The zero-order valence-electron chi connectivity index (χ0n) is 25.6. The molecule has 3 amide bonds. The van der Waals surface area contributed by atoms with Crippen molar-refractivity contribution in [3.63, 3.8) is 0 Å². The van der Waals surface area contributed by atoms with Crippen LogP contribution in [0.25, 0.3) is 0 Å². The minimum atomic E-state index is -0.806. The van der Waals surface area contributed by atoms with Crippen molar-refractivity contribution >= 4 is 17.9 Å². The molecule has 0 aromatic heterocycles. The average molecular weight is 532 g/mol. The van der Waals surface area contributed by atoms with Crippen LogP contribution >= 0.6 is 0 Å². The molecule has 0 aliphatic rings. The van der Waals surface area contributed by atoms with Crippen LogP contribution in [-0.4, -0.2) is 47.0 Å². The van der Waals surface area contributed by atoms with E-state index in [1.54, 1.807) is 25.7 Å². The Morgan fingerprint density at radius 2 is 1.50 bits per heavy atom. The molecule has 2 unspecified atom stereocenters. The molecule has 1 rings (SSSR count). The third kappa shape index (κ3) is 11.4. The van der Waals surface area contributed by atoms with Gasteiger partial charge in [-0.25, -0.2) is 4.79 Å². The minimum absolute atomic E-state index is 0.0813. The third-order valence-electron chi connectivity index (χ3n) is 6.29. The van der Waals surface area contributed by atoms with Crippen molar-refractivity contribution < 1.29 is 19.1 Å². The zero-order chi connectivity index (χ0) is 29.0. The number of carbonyl (C=O) groups excluding carboxylic acids is 3. The van der Waals surface area contributed by atoms with Crippen LogP contribution in [0.15, 0.2) is 18.2 Å². The number of carbonyl (C=O) groups is 3. The lowest BCUT2D eigenvalue weighted by atomic mass is 9.92. The van der Waals surface area contributed by atoms with Gasteiger partial charge < -0.3 is 20.3 Å². The molecular weight excluding hydrogens is 478 g/mol. The first-order valence-electron chi connectivity index (χ1n) is 14.3. The molecule has 216 valence electrons. The van der Waals surface area contributed by atoms with Gasteiger partial charge in [-0.15, -0.1) is 0 Å². The molecule has 1 aromatic carbocycles. The maximum atomic E-state index is 14.3. The fourth-order valence-electron chi connectivity index (χ4n) is 4.65. The minimum Gasteiger partial charge on any atom is -0.444 e. The summed E-state index contributed by atoms with van der Waals surface area (Å²) >= 11 is 0. The van der Waals surface area contributed by atoms with Crippen molar-refractivity contribution in [2.45, 2.75) is 131 Å². The molecule has 7 nitrogen and oxygen atoms in total. The van der Waals surface area contributed by atoms with Crippen molar-refractivity contribution in [3.05, 3.63) is 34.9 Å². The monoisotopic (exact) mass is 531 g/mol. The summed E-state index contributed by atoms with van der Waals surface area (Å²) in [4.78, 5) is 42.5. The number of aryl methyl sites for hydroxylation is 2. The quantitative estimate of drug-likeness (QED) is 0.265. The second-order valence-corrected chi connectivity index (χ2v) is 12.1. The summed E-state index contributed by atoms with van der Waals surface area (Å²) in [5.74, 6) is -0.320. The van der Waals surface area contributed by atoms with Gasteiger partial charge in [0.05, 0.1) is 0 Å². The van der Waals surface area contributed by atoms with Gasteiger partial charge in [0.2, 0.25) is 11.8 Å². The van der Waals surface area contributed by atoms with Gasteiger partial charge in [-0.2, -0.15) is 0 Å². The summed E-state index contributed by atoms with van der Waals surface area (Å²) in [5.41, 5.74) is 2.07. The Hall–Kier alpha value is -2.57. The Bertz CT molecular complexity index is 885. The summed E-state index contributed by atoms with van der Waals surface area (Å²) in [6.45, 7) is 19.8. The predicted molar refractivity (Wildman–Crippen MR) is 155 cm³/mol. The van der Waals surface area contributed by atoms with Crippen LogP contribution < -0.4 is 10.6 Å². The Balaban J connectivity index is 3.55. The van der Waals surface area contributed by atoms with E-state index in [1.165, 1.54) is 0 Å². The molecule has 2 atom stereocenters. The van der Waals surface area contributed by atoms with Crippen LogP contribution in [-0.2, 0) is 14.3 Å². The van der Waals surface area contributed by atoms with Gasteiger partial charge in [0.1, 0.15) is 17.7 Å². The number of benzene rings is 1. The lowest BCUT2D eigenvalue weighted by Gasteiger charge is -2.36. The van der Waals surface area contributed by atoms with E-state index < -0.39 is 23.8 Å². The number of hydrogen-bond acceptors (Lipinski definition) is 4. The molecule has 1 aromatic rings. The van der Waals surface area contributed by atoms with E-state index in [9.17, 15) is 14.4 Å². The average Bonchev–Trinajstić information content (AvgIpc) is 2.76. The highest BCUT2D eigenvalue weighted by atomic mass is 16.6. The van der Waals surface area contributed by atoms with Crippen LogP contribution in [0.3, 0.4) is 0 Å². The second-order valence-electron chi connectivity index (χ2n) is 12.1. The van der Waals surface area contributed by atoms with Crippen LogP contribution in [0.5, 0.6) is 0 Å². The Kier molecular flexibility index (Phi) is 13.9. The number of amides is 3. The molecule has 2 N–H and O–H groups in total. The van der Waals surface area contributed by atoms with Crippen LogP contribution in [0, 0.1) is 19.8 Å². The number of nitrogens with one attached hydrogen (secondary N) is 2. The van der Waals surface area contributed by atoms with Crippen LogP contribution in [0.2, 0.25) is 0 Å². The van der Waals surface area contributed by atoms with E-state index >= 15 is 0 Å². The standard InChI is InChI=1S/C31H53N3O4/c1-11-12-13-14-15-19-34(29(36)25(20-21(2)3)33-30(37)38-31(8,9)10)27(28(35)32-22(4)5)26-23(6)17-16-18-24(26)7/h16-18,21-22,25,27H,11-15,19-20H2,1-10H3,(H,32,35)(H,33,37). The molecule has 0 spiro atoms. The fourth-order valence-corrected chi connectivity index (χ4v) is 4.65. The van der Waals surface area contributed by atoms with Crippen molar-refractivity contribution in [2.24, 2.45) is 5.92 Å². The van der Waals surface area contributed by atoms with Gasteiger partial charge in [0.15, 0.2) is 0 Å². The third-order valence-corrected chi connectivity index (χ3v) is 6.29. The number of alkyl carbamates (subject to hydrolysis) is 1. The molecule has 0 saturated carbocycles. The molecule has 0 heterocycles. The second kappa shape index (κ2) is 15.7. The summed E-state index contributed by atoms with van der Waals surface area (Å²) in [6, 6.07) is 4.24. The number of hydrogen-bond donors (Lipinski definition) is 2. The lowest BCUT2D eigenvalue weighted by Crippen LogP contribution is -2.54. The number of ether oxygens (including phenoxy) is 1. The summed E-state index contributed by atoms with van der Waals surface area (Å²) in [7, 11) is 0. The highest BCUT2D eigenvalue weighted by molar-refractivity contribution is 5.92. The number of nitrogens with zero attached hydrogens (tertiary/aromatic N) is 1. The number of unbranched alkanes of at least 4 members (excludes halogenated alkanes) is 4. The Morgan fingerprint density at radius 3 is 2.00 bits per heavy atom. The molecule has 7 heteroatoms. The summed E-state index contributed by atoms with van der Waals surface area (Å²) in [6.07, 6.45) is 4.90. The molecule has 0 aliphatic heterocycles. The summed E-state index contributed by atoms with van der Waals surface area (Å²) < 4.78 is 5.49. The first-order chi connectivity index (χ1) is 17.7. The molecule has 38 heavy (non-hydrogen) atoms. The van der Waals surface area contributed by atoms with E-state index in [0.29, 0.717) is 13.0 Å². The molecule has 0 saturated heterocycles. The van der Waals surface area contributed by atoms with Gasteiger partial charge in [0.25, 0.3) is 0 Å². The highest BCUT2D eigenvalue weighted by Gasteiger charge is 2.37. The summed E-state index contributed by atoms with van der Waals surface area (Å²) in [5, 5.41) is 5.88. The SMILES string of the molecule is CCCCCCCN(C(=O)C(CC(C)C)NC(=O)OC(C)(C)C)C(C(=O)NC(C)C)c1c(C)cccc1C. The van der Waals surface area contributed by atoms with E-state index in [0.717, 1.165) is 48.8 Å². The van der Waals surface area contributed by atoms with Gasteiger partial charge in [0, 0.05) is 12.6 Å². The Labute approximate surface area is 231 Å². The number of rotatable bonds is 14. The predicted octanol–water partition coefficient (Wildman–Crippen LogP) is 6.61. The van der Waals surface area contributed by atoms with Crippen molar-refractivity contribution in [1.82, 2.24) is 15.5 Å². The first-order valence-corrected chi connectivity index (χ1v) is 14.3. The van der Waals surface area contributed by atoms with Crippen molar-refractivity contribution in [2.75, 3.05) is 6.54 Å². The first kappa shape index (κ1) is 33.5. The van der Waals surface area contributed by atoms with Crippen LogP contribution in [0.4, 0.5) is 4.79 Å². The smallest absolute Gasteiger partial charge is 0.408 e. The topological polar surface area (TPSA) is 87.7 Å². The highest BCUT2D eigenvalue weighted by Crippen LogP contribution is 2.30. The fraction of sp³-hybridized carbons (Fsp3) is 0.710. The van der Waals surface area contributed by atoms with Gasteiger partial charge in [-0.3, -0.25) is 9.59 Å². The van der Waals surface area contributed by atoms with Gasteiger partial charge >= 0.3 is 6.09 Å². The molecule has 0 radical (unpaired) electrons.